The summed E-state index contributed by atoms with van der Waals surface area (Å²) in [6, 6.07) is 0.450. The predicted octanol–water partition coefficient (Wildman–Crippen LogP) is 1.14. The second kappa shape index (κ2) is 4.66. The lowest BCUT2D eigenvalue weighted by Crippen LogP contribution is -2.29. The van der Waals surface area contributed by atoms with Gasteiger partial charge in [0.2, 0.25) is 0 Å². The van der Waals surface area contributed by atoms with Gasteiger partial charge in [0.1, 0.15) is 0 Å². The molecular weight excluding hydrogens is 220 g/mol. The predicted molar refractivity (Wildman–Crippen MR) is 61.9 cm³/mol. The van der Waals surface area contributed by atoms with Crippen LogP contribution in [0, 0.1) is 0 Å². The summed E-state index contributed by atoms with van der Waals surface area (Å²) in [6.45, 7) is 2.20. The fourth-order valence-corrected chi connectivity index (χ4v) is 2.18. The van der Waals surface area contributed by atoms with Crippen LogP contribution in [0.2, 0.25) is 0 Å². The fourth-order valence-electron chi connectivity index (χ4n) is 2.18. The van der Waals surface area contributed by atoms with Crippen molar-refractivity contribution in [2.75, 3.05) is 13.2 Å². The standard InChI is InChI=1S/C12H18N2O3/c15-12-13(6-7-14(12)10-2-3-10)5-4-11-16-8-1-9-17-11/h6-7,10-11H,1-5,8-9H2. The normalized spacial score (nSPS) is 21.9. The van der Waals surface area contributed by atoms with Crippen LogP contribution in [0.1, 0.15) is 31.7 Å². The minimum Gasteiger partial charge on any atom is -0.353 e. The van der Waals surface area contributed by atoms with Crippen molar-refractivity contribution in [3.63, 3.8) is 0 Å². The van der Waals surface area contributed by atoms with Crippen LogP contribution in [-0.4, -0.2) is 28.6 Å². The Hall–Kier alpha value is -1.07. The van der Waals surface area contributed by atoms with Crippen LogP contribution in [0.15, 0.2) is 17.2 Å². The fraction of sp³-hybridized carbons (Fsp3) is 0.750. The smallest absolute Gasteiger partial charge is 0.328 e. The van der Waals surface area contributed by atoms with Gasteiger partial charge in [0.15, 0.2) is 6.29 Å². The van der Waals surface area contributed by atoms with E-state index in [9.17, 15) is 4.79 Å². The number of hydrogen-bond acceptors (Lipinski definition) is 3. The minimum absolute atomic E-state index is 0.100. The first-order valence-electron chi connectivity index (χ1n) is 6.35. The van der Waals surface area contributed by atoms with Gasteiger partial charge in [-0.15, -0.1) is 0 Å². The molecule has 0 spiro atoms. The molecule has 0 amide bonds. The molecule has 5 nitrogen and oxygen atoms in total. The molecule has 0 N–H and O–H groups in total. The molecule has 0 aromatic carbocycles. The average molecular weight is 238 g/mol. The van der Waals surface area contributed by atoms with Gasteiger partial charge in [0, 0.05) is 31.4 Å². The zero-order valence-electron chi connectivity index (χ0n) is 9.88. The molecule has 1 aliphatic carbocycles. The van der Waals surface area contributed by atoms with Crippen molar-refractivity contribution in [1.82, 2.24) is 9.13 Å². The zero-order chi connectivity index (χ0) is 11.7. The number of imidazole rings is 1. The molecule has 17 heavy (non-hydrogen) atoms. The van der Waals surface area contributed by atoms with Gasteiger partial charge in [-0.2, -0.15) is 0 Å². The Balaban J connectivity index is 1.59. The molecule has 2 heterocycles. The molecule has 0 bridgehead atoms. The highest BCUT2D eigenvalue weighted by atomic mass is 16.7. The van der Waals surface area contributed by atoms with Crippen LogP contribution < -0.4 is 5.69 Å². The molecule has 94 valence electrons. The Morgan fingerprint density at radius 2 is 2.00 bits per heavy atom. The molecular formula is C12H18N2O3. The summed E-state index contributed by atoms with van der Waals surface area (Å²) >= 11 is 0. The highest BCUT2D eigenvalue weighted by Crippen LogP contribution is 2.33. The molecule has 1 aromatic rings. The molecule has 1 saturated carbocycles. The van der Waals surface area contributed by atoms with Crippen LogP contribution in [0.4, 0.5) is 0 Å². The Kier molecular flexibility index (Phi) is 3.03. The van der Waals surface area contributed by atoms with E-state index in [1.165, 1.54) is 0 Å². The molecule has 5 heteroatoms. The minimum atomic E-state index is -0.139. The van der Waals surface area contributed by atoms with Crippen molar-refractivity contribution in [3.05, 3.63) is 22.9 Å². The van der Waals surface area contributed by atoms with E-state index in [0.29, 0.717) is 12.6 Å². The Morgan fingerprint density at radius 3 is 2.71 bits per heavy atom. The number of rotatable bonds is 4. The van der Waals surface area contributed by atoms with Gasteiger partial charge in [0.25, 0.3) is 0 Å². The molecule has 2 fully saturated rings. The quantitative estimate of drug-likeness (QED) is 0.790. The third-order valence-corrected chi connectivity index (χ3v) is 3.32. The third kappa shape index (κ3) is 2.45. The van der Waals surface area contributed by atoms with Crippen molar-refractivity contribution in [1.29, 1.82) is 0 Å². The van der Waals surface area contributed by atoms with E-state index in [1.54, 1.807) is 4.57 Å². The Morgan fingerprint density at radius 1 is 1.24 bits per heavy atom. The van der Waals surface area contributed by atoms with Crippen LogP contribution >= 0.6 is 0 Å². The maximum Gasteiger partial charge on any atom is 0.328 e. The second-order valence-corrected chi connectivity index (χ2v) is 4.73. The molecule has 2 aliphatic rings. The average Bonchev–Trinajstić information content (AvgIpc) is 3.13. The van der Waals surface area contributed by atoms with Gasteiger partial charge in [-0.25, -0.2) is 4.79 Å². The van der Waals surface area contributed by atoms with E-state index >= 15 is 0 Å². The molecule has 1 saturated heterocycles. The van der Waals surface area contributed by atoms with Gasteiger partial charge in [-0.1, -0.05) is 0 Å². The number of aryl methyl sites for hydroxylation is 1. The van der Waals surface area contributed by atoms with Crippen molar-refractivity contribution in [2.45, 2.75) is 44.6 Å². The molecule has 1 aromatic heterocycles. The summed E-state index contributed by atoms with van der Waals surface area (Å²) in [5.74, 6) is 0. The highest BCUT2D eigenvalue weighted by Gasteiger charge is 2.25. The van der Waals surface area contributed by atoms with E-state index in [0.717, 1.165) is 38.9 Å². The lowest BCUT2D eigenvalue weighted by Gasteiger charge is -2.22. The SMILES string of the molecule is O=c1n(CCC2OCCCO2)ccn1C1CC1. The lowest BCUT2D eigenvalue weighted by molar-refractivity contribution is -0.182. The Labute approximate surface area is 99.9 Å². The van der Waals surface area contributed by atoms with Crippen molar-refractivity contribution >= 4 is 0 Å². The topological polar surface area (TPSA) is 45.4 Å². The first-order valence-corrected chi connectivity index (χ1v) is 6.35. The first kappa shape index (κ1) is 11.0. The van der Waals surface area contributed by atoms with Crippen molar-refractivity contribution < 1.29 is 9.47 Å². The largest absolute Gasteiger partial charge is 0.353 e. The molecule has 0 atom stereocenters. The van der Waals surface area contributed by atoms with Crippen molar-refractivity contribution in [3.8, 4) is 0 Å². The van der Waals surface area contributed by atoms with Crippen LogP contribution in [0.25, 0.3) is 0 Å². The number of ether oxygens (including phenoxy) is 2. The molecule has 0 radical (unpaired) electrons. The number of hydrogen-bond donors (Lipinski definition) is 0. The molecule has 0 unspecified atom stereocenters. The van der Waals surface area contributed by atoms with Crippen molar-refractivity contribution in [2.24, 2.45) is 0 Å². The summed E-state index contributed by atoms with van der Waals surface area (Å²) in [5.41, 5.74) is 0.100. The van der Waals surface area contributed by atoms with E-state index in [2.05, 4.69) is 0 Å². The van der Waals surface area contributed by atoms with E-state index in [1.807, 2.05) is 17.0 Å². The van der Waals surface area contributed by atoms with Crippen LogP contribution in [0.3, 0.4) is 0 Å². The Bertz CT molecular complexity index is 427. The molecule has 3 rings (SSSR count). The lowest BCUT2D eigenvalue weighted by atomic mass is 10.3. The highest BCUT2D eigenvalue weighted by molar-refractivity contribution is 4.91. The van der Waals surface area contributed by atoms with E-state index in [4.69, 9.17) is 9.47 Å². The van der Waals surface area contributed by atoms with E-state index < -0.39 is 0 Å². The summed E-state index contributed by atoms with van der Waals surface area (Å²) < 4.78 is 14.5. The van der Waals surface area contributed by atoms with Gasteiger partial charge < -0.3 is 9.47 Å². The maximum atomic E-state index is 12.0. The number of nitrogens with zero attached hydrogens (tertiary/aromatic N) is 2. The summed E-state index contributed by atoms with van der Waals surface area (Å²) in [6.07, 6.45) is 7.60. The molecule has 1 aliphatic heterocycles. The third-order valence-electron chi connectivity index (χ3n) is 3.32. The van der Waals surface area contributed by atoms with Gasteiger partial charge in [-0.05, 0) is 19.3 Å². The van der Waals surface area contributed by atoms with Gasteiger partial charge >= 0.3 is 5.69 Å². The van der Waals surface area contributed by atoms with E-state index in [-0.39, 0.29) is 12.0 Å². The first-order chi connectivity index (χ1) is 8.34. The second-order valence-electron chi connectivity index (χ2n) is 4.73. The maximum absolute atomic E-state index is 12.0. The van der Waals surface area contributed by atoms with Gasteiger partial charge in [0.05, 0.1) is 13.2 Å². The summed E-state index contributed by atoms with van der Waals surface area (Å²) in [5, 5.41) is 0. The summed E-state index contributed by atoms with van der Waals surface area (Å²) in [7, 11) is 0. The summed E-state index contributed by atoms with van der Waals surface area (Å²) in [4.78, 5) is 12.0. The monoisotopic (exact) mass is 238 g/mol. The zero-order valence-corrected chi connectivity index (χ0v) is 9.88. The van der Waals surface area contributed by atoms with Crippen LogP contribution in [0.5, 0.6) is 0 Å². The number of aromatic nitrogens is 2. The van der Waals surface area contributed by atoms with Crippen LogP contribution in [-0.2, 0) is 16.0 Å². The van der Waals surface area contributed by atoms with Gasteiger partial charge in [-0.3, -0.25) is 9.13 Å².